The zero-order valence-corrected chi connectivity index (χ0v) is 17.6. The molecule has 3 aromatic rings. The molecule has 1 heterocycles. The molecule has 0 unspecified atom stereocenters. The second-order valence-corrected chi connectivity index (χ2v) is 9.59. The third kappa shape index (κ3) is 3.39. The zero-order valence-electron chi connectivity index (χ0n) is 16.0. The second kappa shape index (κ2) is 7.39. The van der Waals surface area contributed by atoms with Crippen molar-refractivity contribution < 1.29 is 8.42 Å². The zero-order chi connectivity index (χ0) is 19.9. The summed E-state index contributed by atoms with van der Waals surface area (Å²) >= 11 is 6.35. The Morgan fingerprint density at radius 3 is 2.29 bits per heavy atom. The Balaban J connectivity index is 1.62. The van der Waals surface area contributed by atoms with Crippen LogP contribution in [0.1, 0.15) is 11.1 Å². The van der Waals surface area contributed by atoms with Crippen LogP contribution in [-0.2, 0) is 10.0 Å². The molecule has 1 saturated heterocycles. The Morgan fingerprint density at radius 1 is 0.893 bits per heavy atom. The Morgan fingerprint density at radius 2 is 1.57 bits per heavy atom. The van der Waals surface area contributed by atoms with E-state index in [-0.39, 0.29) is 4.90 Å². The molecule has 0 saturated carbocycles. The number of anilines is 1. The monoisotopic (exact) mass is 414 g/mol. The van der Waals surface area contributed by atoms with Gasteiger partial charge in [-0.3, -0.25) is 0 Å². The smallest absolute Gasteiger partial charge is 0.243 e. The van der Waals surface area contributed by atoms with Gasteiger partial charge in [0.2, 0.25) is 10.0 Å². The number of halogens is 1. The summed E-state index contributed by atoms with van der Waals surface area (Å²) in [4.78, 5) is 2.56. The van der Waals surface area contributed by atoms with Crippen LogP contribution in [0.4, 0.5) is 5.69 Å². The van der Waals surface area contributed by atoms with Gasteiger partial charge in [-0.05, 0) is 48.6 Å². The highest BCUT2D eigenvalue weighted by atomic mass is 35.5. The van der Waals surface area contributed by atoms with Crippen LogP contribution in [0, 0.1) is 13.8 Å². The van der Waals surface area contributed by atoms with Crippen molar-refractivity contribution >= 4 is 38.1 Å². The molecule has 0 aromatic heterocycles. The van der Waals surface area contributed by atoms with Gasteiger partial charge in [0.25, 0.3) is 0 Å². The first-order valence-electron chi connectivity index (χ1n) is 9.37. The number of hydrogen-bond donors (Lipinski definition) is 0. The van der Waals surface area contributed by atoms with E-state index in [0.29, 0.717) is 36.6 Å². The van der Waals surface area contributed by atoms with E-state index >= 15 is 0 Å². The van der Waals surface area contributed by atoms with Gasteiger partial charge in [-0.15, -0.1) is 0 Å². The van der Waals surface area contributed by atoms with Crippen molar-refractivity contribution in [1.82, 2.24) is 4.31 Å². The summed E-state index contributed by atoms with van der Waals surface area (Å²) in [6.45, 7) is 6.42. The first-order valence-corrected chi connectivity index (χ1v) is 11.2. The molecule has 4 nitrogen and oxygen atoms in total. The molecule has 0 radical (unpaired) electrons. The van der Waals surface area contributed by atoms with E-state index in [1.54, 1.807) is 22.5 Å². The lowest BCUT2D eigenvalue weighted by atomic mass is 10.1. The Labute approximate surface area is 171 Å². The number of benzene rings is 3. The lowest BCUT2D eigenvalue weighted by Gasteiger charge is -2.36. The van der Waals surface area contributed by atoms with Gasteiger partial charge in [-0.25, -0.2) is 8.42 Å². The van der Waals surface area contributed by atoms with E-state index in [1.807, 2.05) is 18.2 Å². The van der Waals surface area contributed by atoms with Gasteiger partial charge in [-0.1, -0.05) is 48.0 Å². The Kier molecular flexibility index (Phi) is 5.08. The molecule has 0 amide bonds. The summed E-state index contributed by atoms with van der Waals surface area (Å²) in [6.07, 6.45) is 0. The average molecular weight is 415 g/mol. The van der Waals surface area contributed by atoms with E-state index in [0.717, 1.165) is 5.39 Å². The fraction of sp³-hybridized carbons (Fsp3) is 0.273. The maximum atomic E-state index is 13.4. The standard InChI is InChI=1S/C22H23ClN2O2S/c1-16-9-10-17(2)20(15-16)24-11-13-25(14-12-24)28(26,27)21-8-4-6-18-5-3-7-19(23)22(18)21/h3-10,15H,11-14H2,1-2H3. The summed E-state index contributed by atoms with van der Waals surface area (Å²) in [7, 11) is -3.61. The Hall–Kier alpha value is -2.08. The minimum absolute atomic E-state index is 0.288. The molecule has 1 fully saturated rings. The molecule has 0 N–H and O–H groups in total. The number of piperazine rings is 1. The van der Waals surface area contributed by atoms with Gasteiger partial charge in [0.1, 0.15) is 0 Å². The number of nitrogens with zero attached hydrogens (tertiary/aromatic N) is 2. The number of sulfonamides is 1. The molecule has 3 aromatic carbocycles. The first kappa shape index (κ1) is 19.2. The van der Waals surface area contributed by atoms with Crippen molar-refractivity contribution in [3.05, 3.63) is 70.7 Å². The quantitative estimate of drug-likeness (QED) is 0.627. The molecule has 146 valence electrons. The summed E-state index contributed by atoms with van der Waals surface area (Å²) in [5.41, 5.74) is 3.61. The summed E-state index contributed by atoms with van der Waals surface area (Å²) < 4.78 is 28.3. The van der Waals surface area contributed by atoms with Gasteiger partial charge in [0.05, 0.1) is 4.90 Å². The number of hydrogen-bond acceptors (Lipinski definition) is 3. The molecular formula is C22H23ClN2O2S. The van der Waals surface area contributed by atoms with E-state index in [4.69, 9.17) is 11.6 Å². The van der Waals surface area contributed by atoms with E-state index < -0.39 is 10.0 Å². The van der Waals surface area contributed by atoms with Gasteiger partial charge >= 0.3 is 0 Å². The summed E-state index contributed by atoms with van der Waals surface area (Å²) in [5, 5.41) is 1.90. The van der Waals surface area contributed by atoms with Crippen molar-refractivity contribution in [2.45, 2.75) is 18.7 Å². The predicted molar refractivity (Wildman–Crippen MR) is 116 cm³/mol. The van der Waals surface area contributed by atoms with Gasteiger partial charge in [0.15, 0.2) is 0 Å². The number of fused-ring (bicyclic) bond motifs is 1. The SMILES string of the molecule is Cc1ccc(C)c(N2CCN(S(=O)(=O)c3cccc4cccc(Cl)c34)CC2)c1. The van der Waals surface area contributed by atoms with Crippen LogP contribution in [-0.4, -0.2) is 38.9 Å². The van der Waals surface area contributed by atoms with Crippen molar-refractivity contribution in [3.8, 4) is 0 Å². The fourth-order valence-electron chi connectivity index (χ4n) is 3.85. The predicted octanol–water partition coefficient (Wildman–Crippen LogP) is 4.62. The number of aryl methyl sites for hydroxylation is 2. The molecule has 4 rings (SSSR count). The van der Waals surface area contributed by atoms with Crippen LogP contribution in [0.3, 0.4) is 0 Å². The minimum atomic E-state index is -3.61. The average Bonchev–Trinajstić information content (AvgIpc) is 2.70. The van der Waals surface area contributed by atoms with E-state index in [2.05, 4.69) is 36.9 Å². The summed E-state index contributed by atoms with van der Waals surface area (Å²) in [5.74, 6) is 0. The number of rotatable bonds is 3. The lowest BCUT2D eigenvalue weighted by molar-refractivity contribution is 0.385. The second-order valence-electron chi connectivity index (χ2n) is 7.28. The van der Waals surface area contributed by atoms with Crippen molar-refractivity contribution in [2.75, 3.05) is 31.1 Å². The maximum absolute atomic E-state index is 13.4. The third-order valence-electron chi connectivity index (χ3n) is 5.38. The largest absolute Gasteiger partial charge is 0.369 e. The van der Waals surface area contributed by atoms with Crippen molar-refractivity contribution in [2.24, 2.45) is 0 Å². The lowest BCUT2D eigenvalue weighted by Crippen LogP contribution is -2.48. The molecule has 1 aliphatic rings. The van der Waals surface area contributed by atoms with E-state index in [9.17, 15) is 8.42 Å². The fourth-order valence-corrected chi connectivity index (χ4v) is 5.84. The third-order valence-corrected chi connectivity index (χ3v) is 7.63. The van der Waals surface area contributed by atoms with Gasteiger partial charge in [-0.2, -0.15) is 4.31 Å². The summed E-state index contributed by atoms with van der Waals surface area (Å²) in [6, 6.07) is 17.2. The van der Waals surface area contributed by atoms with Crippen LogP contribution in [0.2, 0.25) is 5.02 Å². The molecule has 28 heavy (non-hydrogen) atoms. The van der Waals surface area contributed by atoms with Gasteiger partial charge < -0.3 is 4.90 Å². The molecule has 1 aliphatic heterocycles. The van der Waals surface area contributed by atoms with Crippen LogP contribution in [0.25, 0.3) is 10.8 Å². The molecular weight excluding hydrogens is 392 g/mol. The Bertz CT molecular complexity index is 1130. The molecule has 0 bridgehead atoms. The van der Waals surface area contributed by atoms with Crippen LogP contribution >= 0.6 is 11.6 Å². The highest BCUT2D eigenvalue weighted by Crippen LogP contribution is 2.32. The van der Waals surface area contributed by atoms with Crippen LogP contribution < -0.4 is 4.90 Å². The van der Waals surface area contributed by atoms with Crippen LogP contribution in [0.15, 0.2) is 59.5 Å². The molecule has 0 spiro atoms. The highest BCUT2D eigenvalue weighted by molar-refractivity contribution is 7.89. The van der Waals surface area contributed by atoms with Crippen molar-refractivity contribution in [3.63, 3.8) is 0 Å². The van der Waals surface area contributed by atoms with E-state index in [1.165, 1.54) is 16.8 Å². The van der Waals surface area contributed by atoms with Crippen molar-refractivity contribution in [1.29, 1.82) is 0 Å². The van der Waals surface area contributed by atoms with Crippen LogP contribution in [0.5, 0.6) is 0 Å². The van der Waals surface area contributed by atoms with Gasteiger partial charge in [0, 0.05) is 42.3 Å². The minimum Gasteiger partial charge on any atom is -0.369 e. The molecule has 6 heteroatoms. The normalized spacial score (nSPS) is 15.9. The topological polar surface area (TPSA) is 40.6 Å². The molecule has 0 atom stereocenters. The first-order chi connectivity index (χ1) is 13.4. The highest BCUT2D eigenvalue weighted by Gasteiger charge is 2.30. The maximum Gasteiger partial charge on any atom is 0.243 e. The molecule has 0 aliphatic carbocycles.